The summed E-state index contributed by atoms with van der Waals surface area (Å²) in [6.45, 7) is 2.63. The van der Waals surface area contributed by atoms with E-state index in [2.05, 4.69) is 21.2 Å². The van der Waals surface area contributed by atoms with E-state index in [1.165, 1.54) is 34.1 Å². The van der Waals surface area contributed by atoms with Crippen molar-refractivity contribution in [2.24, 2.45) is 0 Å². The first-order valence-corrected chi connectivity index (χ1v) is 10.5. The lowest BCUT2D eigenvalue weighted by Gasteiger charge is -2.29. The van der Waals surface area contributed by atoms with Gasteiger partial charge in [0.1, 0.15) is 11.3 Å². The highest BCUT2D eigenvalue weighted by Gasteiger charge is 2.38. The lowest BCUT2D eigenvalue weighted by molar-refractivity contribution is -0.222. The number of cyclic esters (lactones) is 2. The average Bonchev–Trinajstić information content (AvgIpc) is 2.75. The van der Waals surface area contributed by atoms with Crippen molar-refractivity contribution in [3.8, 4) is 17.2 Å². The molecule has 0 aromatic heterocycles. The van der Waals surface area contributed by atoms with Gasteiger partial charge in [-0.1, -0.05) is 12.1 Å². The highest BCUT2D eigenvalue weighted by atomic mass is 79.9. The van der Waals surface area contributed by atoms with Crippen LogP contribution in [0.4, 0.5) is 5.69 Å². The molecule has 0 bridgehead atoms. The van der Waals surface area contributed by atoms with Crippen molar-refractivity contribution in [3.63, 3.8) is 0 Å². The number of nitrogens with one attached hydrogen (secondary N) is 1. The molecule has 1 N–H and O–H groups in total. The summed E-state index contributed by atoms with van der Waals surface area (Å²) in [5.41, 5.74) is 0.706. The van der Waals surface area contributed by atoms with E-state index >= 15 is 0 Å². The van der Waals surface area contributed by atoms with Gasteiger partial charge < -0.3 is 29.0 Å². The van der Waals surface area contributed by atoms with Gasteiger partial charge in [-0.3, -0.25) is 4.79 Å². The Kier molecular flexibility index (Phi) is 7.27. The molecular formula is C23H22BrNO8. The number of carbonyl (C=O) groups is 3. The molecule has 1 saturated heterocycles. The Hall–Kier alpha value is -3.53. The van der Waals surface area contributed by atoms with Gasteiger partial charge in [-0.25, -0.2) is 9.59 Å². The second-order valence-corrected chi connectivity index (χ2v) is 8.16. The number of halogens is 1. The van der Waals surface area contributed by atoms with Gasteiger partial charge >= 0.3 is 11.9 Å². The summed E-state index contributed by atoms with van der Waals surface area (Å²) in [7, 11) is 2.93. The molecular weight excluding hydrogens is 498 g/mol. The second kappa shape index (κ2) is 9.95. The number of carbonyl (C=O) groups excluding carboxylic acids is 3. The first-order valence-electron chi connectivity index (χ1n) is 9.75. The number of hydrogen-bond acceptors (Lipinski definition) is 8. The van der Waals surface area contributed by atoms with Crippen LogP contribution in [0.2, 0.25) is 0 Å². The van der Waals surface area contributed by atoms with Gasteiger partial charge in [0.15, 0.2) is 18.1 Å². The number of hydrogen-bond donors (Lipinski definition) is 1. The molecule has 0 saturated carbocycles. The predicted molar refractivity (Wildman–Crippen MR) is 122 cm³/mol. The third-order valence-corrected chi connectivity index (χ3v) is 5.00. The van der Waals surface area contributed by atoms with Crippen molar-refractivity contribution in [2.75, 3.05) is 26.1 Å². The number of para-hydroxylation sites is 2. The van der Waals surface area contributed by atoms with Crippen molar-refractivity contribution in [1.82, 2.24) is 0 Å². The van der Waals surface area contributed by atoms with Crippen LogP contribution in [0, 0.1) is 0 Å². The number of ether oxygens (including phenoxy) is 5. The predicted octanol–water partition coefficient (Wildman–Crippen LogP) is 3.70. The van der Waals surface area contributed by atoms with Gasteiger partial charge in [-0.2, -0.15) is 0 Å². The summed E-state index contributed by atoms with van der Waals surface area (Å²) in [4.78, 5) is 36.7. The van der Waals surface area contributed by atoms with Crippen molar-refractivity contribution in [2.45, 2.75) is 19.6 Å². The maximum atomic E-state index is 12.4. The second-order valence-electron chi connectivity index (χ2n) is 7.31. The molecule has 1 amide bonds. The Morgan fingerprint density at radius 2 is 1.70 bits per heavy atom. The molecule has 33 heavy (non-hydrogen) atoms. The molecule has 1 aliphatic heterocycles. The van der Waals surface area contributed by atoms with E-state index < -0.39 is 23.6 Å². The fraction of sp³-hybridized carbons (Fsp3) is 0.261. The van der Waals surface area contributed by atoms with E-state index in [1.54, 1.807) is 36.4 Å². The molecule has 3 rings (SSSR count). The Bertz CT molecular complexity index is 1100. The third kappa shape index (κ3) is 5.83. The van der Waals surface area contributed by atoms with Crippen molar-refractivity contribution in [3.05, 3.63) is 52.0 Å². The highest BCUT2D eigenvalue weighted by Crippen LogP contribution is 2.38. The largest absolute Gasteiger partial charge is 0.495 e. The molecule has 174 valence electrons. The number of methoxy groups -OCH3 is 2. The molecule has 2 aromatic carbocycles. The number of amides is 1. The monoisotopic (exact) mass is 519 g/mol. The molecule has 1 aliphatic rings. The molecule has 0 aliphatic carbocycles. The van der Waals surface area contributed by atoms with Gasteiger partial charge in [0.05, 0.1) is 24.4 Å². The summed E-state index contributed by atoms with van der Waals surface area (Å²) in [5, 5.41) is 2.71. The highest BCUT2D eigenvalue weighted by molar-refractivity contribution is 9.10. The van der Waals surface area contributed by atoms with E-state index in [-0.39, 0.29) is 23.7 Å². The minimum Gasteiger partial charge on any atom is -0.495 e. The van der Waals surface area contributed by atoms with Crippen molar-refractivity contribution >= 4 is 45.5 Å². The number of esters is 2. The molecule has 0 radical (unpaired) electrons. The molecule has 9 nitrogen and oxygen atoms in total. The van der Waals surface area contributed by atoms with Crippen LogP contribution >= 0.6 is 15.9 Å². The standard InChI is InChI=1S/C23H22BrNO8/c1-23(2)32-21(27)14(22(28)33-23)9-13-10-15(24)20(18(11-13)30-4)31-12-19(26)25-16-7-5-6-8-17(16)29-3/h5-11H,12H2,1-4H3,(H,25,26). The lowest BCUT2D eigenvalue weighted by Crippen LogP contribution is -2.41. The van der Waals surface area contributed by atoms with Gasteiger partial charge in [0.2, 0.25) is 0 Å². The Morgan fingerprint density at radius 3 is 2.33 bits per heavy atom. The number of benzene rings is 2. The van der Waals surface area contributed by atoms with Crippen LogP contribution in [0.15, 0.2) is 46.4 Å². The molecule has 0 unspecified atom stereocenters. The van der Waals surface area contributed by atoms with Crippen LogP contribution in [0.1, 0.15) is 19.4 Å². The summed E-state index contributed by atoms with van der Waals surface area (Å²) in [6, 6.07) is 10.1. The smallest absolute Gasteiger partial charge is 0.348 e. The average molecular weight is 520 g/mol. The van der Waals surface area contributed by atoms with E-state index in [4.69, 9.17) is 23.7 Å². The van der Waals surface area contributed by atoms with Crippen LogP contribution < -0.4 is 19.5 Å². The molecule has 10 heteroatoms. The van der Waals surface area contributed by atoms with E-state index in [1.807, 2.05) is 0 Å². The summed E-state index contributed by atoms with van der Waals surface area (Å²) < 4.78 is 26.9. The topological polar surface area (TPSA) is 109 Å². The maximum absolute atomic E-state index is 12.4. The van der Waals surface area contributed by atoms with E-state index in [0.717, 1.165) is 0 Å². The zero-order valence-electron chi connectivity index (χ0n) is 18.4. The molecule has 1 fully saturated rings. The zero-order valence-corrected chi connectivity index (χ0v) is 20.0. The van der Waals surface area contributed by atoms with Gasteiger partial charge in [0.25, 0.3) is 11.7 Å². The van der Waals surface area contributed by atoms with Crippen LogP contribution in [0.25, 0.3) is 6.08 Å². The van der Waals surface area contributed by atoms with Gasteiger partial charge in [0, 0.05) is 13.8 Å². The third-order valence-electron chi connectivity index (χ3n) is 4.41. The number of anilines is 1. The molecule has 0 atom stereocenters. The molecule has 2 aromatic rings. The summed E-state index contributed by atoms with van der Waals surface area (Å²) >= 11 is 3.37. The number of rotatable bonds is 7. The fourth-order valence-corrected chi connectivity index (χ4v) is 3.55. The Balaban J connectivity index is 1.76. The fourth-order valence-electron chi connectivity index (χ4n) is 2.98. The normalized spacial score (nSPS) is 14.6. The first-order chi connectivity index (χ1) is 15.6. The first kappa shape index (κ1) is 24.1. The summed E-state index contributed by atoms with van der Waals surface area (Å²) in [6.07, 6.45) is 1.32. The van der Waals surface area contributed by atoms with E-state index in [9.17, 15) is 14.4 Å². The Labute approximate surface area is 198 Å². The van der Waals surface area contributed by atoms with Crippen LogP contribution in [-0.4, -0.2) is 44.5 Å². The minimum absolute atomic E-state index is 0.256. The summed E-state index contributed by atoms with van der Waals surface area (Å²) in [5.74, 6) is -2.25. The van der Waals surface area contributed by atoms with Crippen LogP contribution in [0.3, 0.4) is 0 Å². The molecule has 1 heterocycles. The van der Waals surface area contributed by atoms with Crippen molar-refractivity contribution < 1.29 is 38.1 Å². The lowest BCUT2D eigenvalue weighted by atomic mass is 10.1. The zero-order chi connectivity index (χ0) is 24.2. The van der Waals surface area contributed by atoms with E-state index in [0.29, 0.717) is 21.5 Å². The van der Waals surface area contributed by atoms with Crippen LogP contribution in [0.5, 0.6) is 17.2 Å². The van der Waals surface area contributed by atoms with Crippen LogP contribution in [-0.2, 0) is 23.9 Å². The quantitative estimate of drug-likeness (QED) is 0.335. The maximum Gasteiger partial charge on any atom is 0.348 e. The molecule has 0 spiro atoms. The minimum atomic E-state index is -1.33. The Morgan fingerprint density at radius 1 is 1.06 bits per heavy atom. The van der Waals surface area contributed by atoms with Gasteiger partial charge in [-0.15, -0.1) is 0 Å². The van der Waals surface area contributed by atoms with Crippen molar-refractivity contribution in [1.29, 1.82) is 0 Å². The SMILES string of the molecule is COc1ccccc1NC(=O)COc1c(Br)cc(C=C2C(=O)OC(C)(C)OC2=O)cc1OC. The van der Waals surface area contributed by atoms with Gasteiger partial charge in [-0.05, 0) is 51.8 Å².